The minimum absolute atomic E-state index is 0.140. The standard InChI is InChI=1S/C12H12BrFO4/c1-2-16-12(15)11(14)7-5-9-10(6-8(7)13)18-4-3-17-9/h5-6,11H,2-4H2,1H3. The summed E-state index contributed by atoms with van der Waals surface area (Å²) in [6.45, 7) is 2.63. The molecule has 0 fully saturated rings. The zero-order valence-corrected chi connectivity index (χ0v) is 11.3. The third-order valence-electron chi connectivity index (χ3n) is 2.43. The van der Waals surface area contributed by atoms with Gasteiger partial charge in [-0.1, -0.05) is 15.9 Å². The second-order valence-electron chi connectivity index (χ2n) is 3.63. The Kier molecular flexibility index (Phi) is 4.06. The van der Waals surface area contributed by atoms with E-state index in [1.54, 1.807) is 13.0 Å². The van der Waals surface area contributed by atoms with E-state index < -0.39 is 12.1 Å². The molecular weight excluding hydrogens is 307 g/mol. The Hall–Kier alpha value is -1.30. The van der Waals surface area contributed by atoms with Gasteiger partial charge in [0.15, 0.2) is 11.5 Å². The summed E-state index contributed by atoms with van der Waals surface area (Å²) in [6.07, 6.45) is -1.84. The number of esters is 1. The van der Waals surface area contributed by atoms with Gasteiger partial charge in [-0.3, -0.25) is 0 Å². The van der Waals surface area contributed by atoms with Gasteiger partial charge >= 0.3 is 5.97 Å². The fourth-order valence-corrected chi connectivity index (χ4v) is 2.14. The summed E-state index contributed by atoms with van der Waals surface area (Å²) in [4.78, 5) is 11.4. The Morgan fingerprint density at radius 3 is 2.67 bits per heavy atom. The molecule has 98 valence electrons. The van der Waals surface area contributed by atoms with Crippen molar-refractivity contribution in [3.8, 4) is 11.5 Å². The molecule has 0 N–H and O–H groups in total. The average molecular weight is 319 g/mol. The third-order valence-corrected chi connectivity index (χ3v) is 3.11. The van der Waals surface area contributed by atoms with Crippen molar-refractivity contribution < 1.29 is 23.4 Å². The first kappa shape index (κ1) is 13.1. The number of alkyl halides is 1. The van der Waals surface area contributed by atoms with Crippen LogP contribution in [0.2, 0.25) is 0 Å². The van der Waals surface area contributed by atoms with Crippen LogP contribution in [0.3, 0.4) is 0 Å². The van der Waals surface area contributed by atoms with E-state index in [-0.39, 0.29) is 12.2 Å². The Labute approximate surface area is 112 Å². The number of hydrogen-bond acceptors (Lipinski definition) is 4. The van der Waals surface area contributed by atoms with E-state index in [0.29, 0.717) is 29.2 Å². The lowest BCUT2D eigenvalue weighted by atomic mass is 10.1. The quantitative estimate of drug-likeness (QED) is 0.804. The highest BCUT2D eigenvalue weighted by atomic mass is 79.9. The Balaban J connectivity index is 2.30. The maximum atomic E-state index is 13.9. The van der Waals surface area contributed by atoms with Gasteiger partial charge in [0.05, 0.1) is 6.61 Å². The zero-order chi connectivity index (χ0) is 13.1. The molecule has 1 unspecified atom stereocenters. The number of carbonyl (C=O) groups is 1. The summed E-state index contributed by atoms with van der Waals surface area (Å²) in [5, 5.41) is 0. The number of fused-ring (bicyclic) bond motifs is 1. The highest BCUT2D eigenvalue weighted by Crippen LogP contribution is 2.39. The molecule has 0 spiro atoms. The molecule has 0 radical (unpaired) electrons. The van der Waals surface area contributed by atoms with E-state index in [1.165, 1.54) is 6.07 Å². The number of carbonyl (C=O) groups excluding carboxylic acids is 1. The molecule has 18 heavy (non-hydrogen) atoms. The van der Waals surface area contributed by atoms with Crippen molar-refractivity contribution in [1.82, 2.24) is 0 Å². The minimum atomic E-state index is -1.84. The monoisotopic (exact) mass is 318 g/mol. The largest absolute Gasteiger partial charge is 0.486 e. The summed E-state index contributed by atoms with van der Waals surface area (Å²) in [6, 6.07) is 3.05. The molecule has 6 heteroatoms. The third kappa shape index (κ3) is 2.58. The SMILES string of the molecule is CCOC(=O)C(F)c1cc2c(cc1Br)OCCO2. The van der Waals surface area contributed by atoms with E-state index in [9.17, 15) is 9.18 Å². The second-order valence-corrected chi connectivity index (χ2v) is 4.49. The average Bonchev–Trinajstić information content (AvgIpc) is 2.37. The van der Waals surface area contributed by atoms with Gasteiger partial charge in [0, 0.05) is 10.0 Å². The van der Waals surface area contributed by atoms with Crippen LogP contribution in [0, 0.1) is 0 Å². The smallest absolute Gasteiger partial charge is 0.345 e. The predicted octanol–water partition coefficient (Wildman–Crippen LogP) is 2.79. The topological polar surface area (TPSA) is 44.8 Å². The van der Waals surface area contributed by atoms with E-state index in [4.69, 9.17) is 9.47 Å². The first-order valence-electron chi connectivity index (χ1n) is 5.53. The van der Waals surface area contributed by atoms with Crippen molar-refractivity contribution in [3.05, 3.63) is 22.2 Å². The summed E-state index contributed by atoms with van der Waals surface area (Å²) < 4.78 is 29.7. The summed E-state index contributed by atoms with van der Waals surface area (Å²) >= 11 is 3.21. The van der Waals surface area contributed by atoms with Crippen molar-refractivity contribution in [2.75, 3.05) is 19.8 Å². The molecule has 0 amide bonds. The van der Waals surface area contributed by atoms with Crippen molar-refractivity contribution in [3.63, 3.8) is 0 Å². The van der Waals surface area contributed by atoms with Gasteiger partial charge in [-0.25, -0.2) is 9.18 Å². The van der Waals surface area contributed by atoms with Crippen LogP contribution in [0.25, 0.3) is 0 Å². The van der Waals surface area contributed by atoms with E-state index in [1.807, 2.05) is 0 Å². The molecule has 1 heterocycles. The van der Waals surface area contributed by atoms with E-state index in [2.05, 4.69) is 20.7 Å². The number of ether oxygens (including phenoxy) is 3. The minimum Gasteiger partial charge on any atom is -0.486 e. The molecular formula is C12H12BrFO4. The Bertz CT molecular complexity index is 464. The molecule has 0 saturated carbocycles. The first-order valence-corrected chi connectivity index (χ1v) is 6.32. The Morgan fingerprint density at radius 1 is 1.44 bits per heavy atom. The number of halogens is 2. The number of benzene rings is 1. The maximum Gasteiger partial charge on any atom is 0.345 e. The molecule has 0 aliphatic carbocycles. The Morgan fingerprint density at radius 2 is 2.06 bits per heavy atom. The van der Waals surface area contributed by atoms with Crippen LogP contribution in [0.5, 0.6) is 11.5 Å². The van der Waals surface area contributed by atoms with Crippen LogP contribution in [0.1, 0.15) is 18.7 Å². The molecule has 1 aromatic rings. The lowest BCUT2D eigenvalue weighted by Crippen LogP contribution is -2.17. The van der Waals surface area contributed by atoms with Gasteiger partial charge in [-0.15, -0.1) is 0 Å². The fraction of sp³-hybridized carbons (Fsp3) is 0.417. The molecule has 1 aliphatic heterocycles. The molecule has 0 saturated heterocycles. The lowest BCUT2D eigenvalue weighted by molar-refractivity contribution is -0.149. The summed E-state index contributed by atoms with van der Waals surface area (Å²) in [5.74, 6) is 0.0641. The highest BCUT2D eigenvalue weighted by molar-refractivity contribution is 9.10. The van der Waals surface area contributed by atoms with Gasteiger partial charge in [0.1, 0.15) is 13.2 Å². The number of rotatable bonds is 3. The maximum absolute atomic E-state index is 13.9. The first-order chi connectivity index (χ1) is 8.63. The van der Waals surface area contributed by atoms with Gasteiger partial charge in [0.2, 0.25) is 6.17 Å². The van der Waals surface area contributed by atoms with Crippen molar-refractivity contribution in [2.45, 2.75) is 13.1 Å². The van der Waals surface area contributed by atoms with E-state index in [0.717, 1.165) is 0 Å². The van der Waals surface area contributed by atoms with Gasteiger partial charge in [-0.05, 0) is 19.1 Å². The van der Waals surface area contributed by atoms with Gasteiger partial charge in [0.25, 0.3) is 0 Å². The highest BCUT2D eigenvalue weighted by Gasteiger charge is 2.26. The summed E-state index contributed by atoms with van der Waals surface area (Å²) in [7, 11) is 0. The predicted molar refractivity (Wildman–Crippen MR) is 65.6 cm³/mol. The van der Waals surface area contributed by atoms with E-state index >= 15 is 0 Å². The number of hydrogen-bond donors (Lipinski definition) is 0. The second kappa shape index (κ2) is 5.56. The summed E-state index contributed by atoms with van der Waals surface area (Å²) in [5.41, 5.74) is 0.178. The van der Waals surface area contributed by atoms with Gasteiger partial charge < -0.3 is 14.2 Å². The molecule has 0 aromatic heterocycles. The van der Waals surface area contributed by atoms with Crippen molar-refractivity contribution >= 4 is 21.9 Å². The molecule has 4 nitrogen and oxygen atoms in total. The van der Waals surface area contributed by atoms with Gasteiger partial charge in [-0.2, -0.15) is 0 Å². The molecule has 1 aromatic carbocycles. The molecule has 0 bridgehead atoms. The van der Waals surface area contributed by atoms with Crippen LogP contribution >= 0.6 is 15.9 Å². The van der Waals surface area contributed by atoms with Crippen molar-refractivity contribution in [1.29, 1.82) is 0 Å². The molecule has 2 rings (SSSR count). The molecule has 1 aliphatic rings. The zero-order valence-electron chi connectivity index (χ0n) is 9.74. The van der Waals surface area contributed by atoms with Crippen LogP contribution in [0.4, 0.5) is 4.39 Å². The van der Waals surface area contributed by atoms with Crippen molar-refractivity contribution in [2.24, 2.45) is 0 Å². The van der Waals surface area contributed by atoms with Crippen LogP contribution in [-0.4, -0.2) is 25.8 Å². The fourth-order valence-electron chi connectivity index (χ4n) is 1.62. The van der Waals surface area contributed by atoms with Crippen LogP contribution < -0.4 is 9.47 Å². The van der Waals surface area contributed by atoms with Crippen LogP contribution in [0.15, 0.2) is 16.6 Å². The van der Waals surface area contributed by atoms with Crippen LogP contribution in [-0.2, 0) is 9.53 Å². The normalized spacial score (nSPS) is 15.1. The molecule has 1 atom stereocenters. The lowest BCUT2D eigenvalue weighted by Gasteiger charge is -2.20.